The number of amides is 1. The number of H-pyrrole nitrogens is 1. The summed E-state index contributed by atoms with van der Waals surface area (Å²) < 4.78 is 11.0. The van der Waals surface area contributed by atoms with E-state index in [0.29, 0.717) is 11.1 Å². The number of benzene rings is 2. The van der Waals surface area contributed by atoms with Crippen LogP contribution >= 0.6 is 11.3 Å². The quantitative estimate of drug-likeness (QED) is 0.339. The lowest BCUT2D eigenvalue weighted by atomic mass is 10.0. The predicted molar refractivity (Wildman–Crippen MR) is 117 cm³/mol. The van der Waals surface area contributed by atoms with Gasteiger partial charge in [0, 0.05) is 19.8 Å². The number of thiazole rings is 1. The fourth-order valence-electron chi connectivity index (χ4n) is 3.32. The minimum atomic E-state index is -0.470. The molecule has 1 heterocycles. The van der Waals surface area contributed by atoms with E-state index in [-0.39, 0.29) is 23.1 Å². The number of ether oxygens (including phenoxy) is 2. The van der Waals surface area contributed by atoms with Crippen molar-refractivity contribution in [1.29, 1.82) is 0 Å². The Bertz CT molecular complexity index is 1060. The van der Waals surface area contributed by atoms with Gasteiger partial charge in [-0.2, -0.15) is 0 Å². The molecule has 0 unspecified atom stereocenters. The second-order valence-corrected chi connectivity index (χ2v) is 7.96. The van der Waals surface area contributed by atoms with Crippen LogP contribution < -0.4 is 10.2 Å². The molecule has 8 heteroatoms. The number of aryl methyl sites for hydroxylation is 2. The standard InChI is InChI=1S/C22H26N2O5S/c1-28-18(29-2)13-23-21(26)16-9-5-7-14(12-16)6-3-4-8-15-10-11-17(25)19-20(15)30-22(27)24-19/h5,7,9-12,18,25H,3-4,6,8,13H2,1-2H3,(H,23,26)(H,24,27). The zero-order valence-electron chi connectivity index (χ0n) is 17.1. The molecule has 0 saturated heterocycles. The summed E-state index contributed by atoms with van der Waals surface area (Å²) in [6, 6.07) is 11.1. The van der Waals surface area contributed by atoms with E-state index in [2.05, 4.69) is 10.3 Å². The van der Waals surface area contributed by atoms with Crippen molar-refractivity contribution < 1.29 is 19.4 Å². The topological polar surface area (TPSA) is 101 Å². The number of phenols is 1. The molecule has 0 spiro atoms. The third kappa shape index (κ3) is 5.47. The van der Waals surface area contributed by atoms with Crippen molar-refractivity contribution in [1.82, 2.24) is 10.3 Å². The van der Waals surface area contributed by atoms with E-state index in [0.717, 1.165) is 52.8 Å². The van der Waals surface area contributed by atoms with Crippen LogP contribution in [0.15, 0.2) is 41.2 Å². The highest BCUT2D eigenvalue weighted by Crippen LogP contribution is 2.28. The lowest BCUT2D eigenvalue weighted by Crippen LogP contribution is -2.34. The fraction of sp³-hybridized carbons (Fsp3) is 0.364. The van der Waals surface area contributed by atoms with Gasteiger partial charge in [-0.05, 0) is 55.0 Å². The molecule has 160 valence electrons. The van der Waals surface area contributed by atoms with E-state index in [1.807, 2.05) is 24.3 Å². The van der Waals surface area contributed by atoms with Crippen LogP contribution in [-0.4, -0.2) is 43.1 Å². The number of fused-ring (bicyclic) bond motifs is 1. The van der Waals surface area contributed by atoms with E-state index < -0.39 is 6.29 Å². The molecule has 0 radical (unpaired) electrons. The molecule has 0 aliphatic carbocycles. The maximum atomic E-state index is 12.3. The van der Waals surface area contributed by atoms with E-state index in [1.54, 1.807) is 12.1 Å². The Morgan fingerprint density at radius 3 is 2.70 bits per heavy atom. The summed E-state index contributed by atoms with van der Waals surface area (Å²) >= 11 is 1.13. The second kappa shape index (κ2) is 10.4. The molecule has 1 aromatic heterocycles. The van der Waals surface area contributed by atoms with Crippen LogP contribution in [0.25, 0.3) is 10.2 Å². The highest BCUT2D eigenvalue weighted by Gasteiger charge is 2.11. The predicted octanol–water partition coefficient (Wildman–Crippen LogP) is 3.21. The molecule has 7 nitrogen and oxygen atoms in total. The minimum absolute atomic E-state index is 0.101. The smallest absolute Gasteiger partial charge is 0.305 e. The van der Waals surface area contributed by atoms with Crippen LogP contribution in [-0.2, 0) is 22.3 Å². The lowest BCUT2D eigenvalue weighted by molar-refractivity contribution is -0.0974. The Balaban J connectivity index is 1.53. The molecule has 1 amide bonds. The Hall–Kier alpha value is -2.68. The van der Waals surface area contributed by atoms with Crippen molar-refractivity contribution in [2.75, 3.05) is 20.8 Å². The molecule has 0 fully saturated rings. The number of hydrogen-bond acceptors (Lipinski definition) is 6. The summed E-state index contributed by atoms with van der Waals surface area (Å²) in [5.41, 5.74) is 3.28. The number of unbranched alkanes of at least 4 members (excludes halogenated alkanes) is 1. The Kier molecular flexibility index (Phi) is 7.62. The van der Waals surface area contributed by atoms with E-state index >= 15 is 0 Å². The number of carbonyl (C=O) groups is 1. The van der Waals surface area contributed by atoms with Gasteiger partial charge in [-0.15, -0.1) is 0 Å². The van der Waals surface area contributed by atoms with Crippen LogP contribution in [0, 0.1) is 0 Å². The van der Waals surface area contributed by atoms with Gasteiger partial charge in [0.1, 0.15) is 11.3 Å². The molecule has 30 heavy (non-hydrogen) atoms. The van der Waals surface area contributed by atoms with E-state index in [9.17, 15) is 14.7 Å². The number of carbonyl (C=O) groups excluding carboxylic acids is 1. The van der Waals surface area contributed by atoms with Gasteiger partial charge in [0.25, 0.3) is 5.91 Å². The highest BCUT2D eigenvalue weighted by molar-refractivity contribution is 7.16. The molecule has 0 atom stereocenters. The van der Waals surface area contributed by atoms with Gasteiger partial charge in [-0.25, -0.2) is 0 Å². The zero-order valence-corrected chi connectivity index (χ0v) is 17.9. The minimum Gasteiger partial charge on any atom is -0.506 e. The van der Waals surface area contributed by atoms with Gasteiger partial charge in [0.15, 0.2) is 6.29 Å². The molecule has 3 aromatic rings. The van der Waals surface area contributed by atoms with Gasteiger partial charge in [-0.3, -0.25) is 9.59 Å². The molecule has 0 saturated carbocycles. The summed E-state index contributed by atoms with van der Waals surface area (Å²) in [6.07, 6.45) is 3.08. The molecular weight excluding hydrogens is 404 g/mol. The molecule has 3 N–H and O–H groups in total. The third-order valence-electron chi connectivity index (χ3n) is 4.94. The number of methoxy groups -OCH3 is 2. The number of phenolic OH excluding ortho intramolecular Hbond substituents is 1. The van der Waals surface area contributed by atoms with Crippen molar-refractivity contribution in [3.8, 4) is 5.75 Å². The van der Waals surface area contributed by atoms with Crippen molar-refractivity contribution in [3.05, 3.63) is 62.8 Å². The highest BCUT2D eigenvalue weighted by atomic mass is 32.1. The van der Waals surface area contributed by atoms with Gasteiger partial charge in [0.2, 0.25) is 0 Å². The molecule has 0 bridgehead atoms. The molecule has 2 aromatic carbocycles. The molecule has 3 rings (SSSR count). The number of aromatic amines is 1. The average Bonchev–Trinajstić information content (AvgIpc) is 3.16. The second-order valence-electron chi connectivity index (χ2n) is 6.98. The van der Waals surface area contributed by atoms with Crippen LogP contribution in [0.2, 0.25) is 0 Å². The fourth-order valence-corrected chi connectivity index (χ4v) is 4.22. The van der Waals surface area contributed by atoms with Gasteiger partial charge >= 0.3 is 4.87 Å². The van der Waals surface area contributed by atoms with Crippen LogP contribution in [0.1, 0.15) is 34.3 Å². The SMILES string of the molecule is COC(CNC(=O)c1cccc(CCCCc2ccc(O)c3[nH]c(=O)sc23)c1)OC. The van der Waals surface area contributed by atoms with Crippen molar-refractivity contribution >= 4 is 27.5 Å². The number of aromatic nitrogens is 1. The first-order chi connectivity index (χ1) is 14.5. The van der Waals surface area contributed by atoms with Crippen molar-refractivity contribution in [3.63, 3.8) is 0 Å². The van der Waals surface area contributed by atoms with E-state index in [1.165, 1.54) is 14.2 Å². The lowest BCUT2D eigenvalue weighted by Gasteiger charge is -2.14. The molecule has 0 aliphatic heterocycles. The first-order valence-corrected chi connectivity index (χ1v) is 10.6. The van der Waals surface area contributed by atoms with Crippen LogP contribution in [0.4, 0.5) is 0 Å². The third-order valence-corrected chi connectivity index (χ3v) is 5.90. The summed E-state index contributed by atoms with van der Waals surface area (Å²) in [7, 11) is 3.06. The largest absolute Gasteiger partial charge is 0.506 e. The number of rotatable bonds is 10. The van der Waals surface area contributed by atoms with E-state index in [4.69, 9.17) is 9.47 Å². The Morgan fingerprint density at radius 1 is 1.17 bits per heavy atom. The number of aromatic hydroxyl groups is 1. The zero-order chi connectivity index (χ0) is 21.5. The Labute approximate surface area is 178 Å². The monoisotopic (exact) mass is 430 g/mol. The van der Waals surface area contributed by atoms with Gasteiger partial charge in [-0.1, -0.05) is 29.5 Å². The van der Waals surface area contributed by atoms with Gasteiger partial charge < -0.3 is 24.9 Å². The van der Waals surface area contributed by atoms with Crippen molar-refractivity contribution in [2.45, 2.75) is 32.0 Å². The summed E-state index contributed by atoms with van der Waals surface area (Å²) in [6.45, 7) is 0.280. The normalized spacial score (nSPS) is 11.3. The van der Waals surface area contributed by atoms with Crippen LogP contribution in [0.3, 0.4) is 0 Å². The maximum Gasteiger partial charge on any atom is 0.305 e. The van der Waals surface area contributed by atoms with Gasteiger partial charge in [0.05, 0.1) is 11.2 Å². The Morgan fingerprint density at radius 2 is 1.93 bits per heavy atom. The summed E-state index contributed by atoms with van der Waals surface area (Å²) in [5.74, 6) is -0.0608. The average molecular weight is 431 g/mol. The first kappa shape index (κ1) is 22.0. The summed E-state index contributed by atoms with van der Waals surface area (Å²) in [5, 5.41) is 12.7. The number of nitrogens with one attached hydrogen (secondary N) is 2. The maximum absolute atomic E-state index is 12.3. The van der Waals surface area contributed by atoms with Crippen molar-refractivity contribution in [2.24, 2.45) is 0 Å². The molecule has 0 aliphatic rings. The first-order valence-electron chi connectivity index (χ1n) is 9.78. The number of hydrogen-bond donors (Lipinski definition) is 3. The van der Waals surface area contributed by atoms with Crippen LogP contribution in [0.5, 0.6) is 5.75 Å². The molecular formula is C22H26N2O5S. The summed E-state index contributed by atoms with van der Waals surface area (Å²) in [4.78, 5) is 26.5.